The first-order valence-corrected chi connectivity index (χ1v) is 12.1. The number of ether oxygens (including phenoxy) is 2. The number of benzene rings is 3. The second-order valence-electron chi connectivity index (χ2n) is 8.46. The van der Waals surface area contributed by atoms with E-state index in [1.165, 1.54) is 0 Å². The first-order chi connectivity index (χ1) is 17.6. The molecule has 0 bridgehead atoms. The summed E-state index contributed by atoms with van der Waals surface area (Å²) in [4.78, 5) is 34.3. The van der Waals surface area contributed by atoms with E-state index in [1.807, 2.05) is 55.5 Å². The summed E-state index contributed by atoms with van der Waals surface area (Å²) in [6.07, 6.45) is 1.23. The van der Waals surface area contributed by atoms with Crippen molar-refractivity contribution < 1.29 is 14.3 Å². The minimum Gasteiger partial charge on any atom is -0.497 e. The molecule has 1 amide bonds. The molecular formula is C29H31N3O4. The van der Waals surface area contributed by atoms with Gasteiger partial charge in [-0.15, -0.1) is 0 Å². The zero-order chi connectivity index (χ0) is 25.5. The molecule has 0 radical (unpaired) electrons. The third-order valence-corrected chi connectivity index (χ3v) is 6.22. The lowest BCUT2D eigenvalue weighted by atomic mass is 10.1. The van der Waals surface area contributed by atoms with Gasteiger partial charge in [-0.3, -0.25) is 14.2 Å². The van der Waals surface area contributed by atoms with Crippen molar-refractivity contribution in [3.05, 3.63) is 101 Å². The van der Waals surface area contributed by atoms with Crippen LogP contribution in [-0.4, -0.2) is 47.7 Å². The Kier molecular flexibility index (Phi) is 8.13. The molecule has 1 unspecified atom stereocenters. The molecule has 7 heteroatoms. The van der Waals surface area contributed by atoms with Crippen LogP contribution in [0.3, 0.4) is 0 Å². The Balaban J connectivity index is 1.88. The van der Waals surface area contributed by atoms with E-state index in [-0.39, 0.29) is 11.5 Å². The molecule has 0 saturated carbocycles. The number of fused-ring (bicyclic) bond motifs is 1. The quantitative estimate of drug-likeness (QED) is 0.295. The summed E-state index contributed by atoms with van der Waals surface area (Å²) < 4.78 is 12.2. The van der Waals surface area contributed by atoms with Crippen LogP contribution in [0.25, 0.3) is 16.6 Å². The lowest BCUT2D eigenvalue weighted by Gasteiger charge is -2.32. The van der Waals surface area contributed by atoms with Gasteiger partial charge in [-0.25, -0.2) is 4.98 Å². The summed E-state index contributed by atoms with van der Waals surface area (Å²) in [7, 11) is 3.24. The number of para-hydroxylation sites is 2. The van der Waals surface area contributed by atoms with Crippen LogP contribution >= 0.6 is 0 Å². The Morgan fingerprint density at radius 1 is 0.972 bits per heavy atom. The van der Waals surface area contributed by atoms with E-state index in [2.05, 4.69) is 0 Å². The van der Waals surface area contributed by atoms with Crippen molar-refractivity contribution in [2.45, 2.75) is 25.8 Å². The van der Waals surface area contributed by atoms with Crippen LogP contribution in [-0.2, 0) is 4.74 Å². The minimum atomic E-state index is -0.436. The van der Waals surface area contributed by atoms with E-state index in [9.17, 15) is 9.59 Å². The molecule has 0 aliphatic rings. The standard InChI is InChI=1S/C29H31N3O4/c1-4-26(31(19-10-20-35-2)28(33)21-15-17-23(36-3)18-16-21)27-30-25-14-9-8-13-24(25)29(34)32(27)22-11-6-5-7-12-22/h5-9,11-18,26H,4,10,19-20H2,1-3H3. The molecule has 3 aromatic carbocycles. The number of hydrogen-bond acceptors (Lipinski definition) is 5. The highest BCUT2D eigenvalue weighted by Gasteiger charge is 2.29. The fourth-order valence-corrected chi connectivity index (χ4v) is 4.42. The van der Waals surface area contributed by atoms with Crippen molar-refractivity contribution in [2.75, 3.05) is 27.4 Å². The largest absolute Gasteiger partial charge is 0.497 e. The van der Waals surface area contributed by atoms with Gasteiger partial charge in [0, 0.05) is 25.8 Å². The molecule has 4 aromatic rings. The summed E-state index contributed by atoms with van der Waals surface area (Å²) >= 11 is 0. The molecule has 186 valence electrons. The summed E-state index contributed by atoms with van der Waals surface area (Å²) in [5, 5.41) is 0.535. The van der Waals surface area contributed by atoms with E-state index in [0.29, 0.717) is 59.7 Å². The summed E-state index contributed by atoms with van der Waals surface area (Å²) in [6, 6.07) is 23.4. The Morgan fingerprint density at radius 3 is 2.33 bits per heavy atom. The molecule has 0 aliphatic carbocycles. The van der Waals surface area contributed by atoms with Gasteiger partial charge in [-0.1, -0.05) is 37.3 Å². The number of rotatable bonds is 10. The monoisotopic (exact) mass is 485 g/mol. The highest BCUT2D eigenvalue weighted by atomic mass is 16.5. The van der Waals surface area contributed by atoms with Crippen molar-refractivity contribution >= 4 is 16.8 Å². The number of carbonyl (C=O) groups is 1. The third kappa shape index (κ3) is 5.16. The zero-order valence-electron chi connectivity index (χ0n) is 20.9. The van der Waals surface area contributed by atoms with Crippen LogP contribution < -0.4 is 10.3 Å². The molecule has 0 saturated heterocycles. The summed E-state index contributed by atoms with van der Waals surface area (Å²) in [5.74, 6) is 1.08. The highest BCUT2D eigenvalue weighted by Crippen LogP contribution is 2.28. The maximum atomic E-state index is 13.8. The van der Waals surface area contributed by atoms with Crippen LogP contribution in [0.5, 0.6) is 5.75 Å². The zero-order valence-corrected chi connectivity index (χ0v) is 20.9. The van der Waals surface area contributed by atoms with Gasteiger partial charge in [0.15, 0.2) is 0 Å². The Morgan fingerprint density at radius 2 is 1.67 bits per heavy atom. The van der Waals surface area contributed by atoms with E-state index in [1.54, 1.807) is 54.0 Å². The van der Waals surface area contributed by atoms with Crippen molar-refractivity contribution in [1.29, 1.82) is 0 Å². The number of amides is 1. The van der Waals surface area contributed by atoms with E-state index >= 15 is 0 Å². The average molecular weight is 486 g/mol. The van der Waals surface area contributed by atoms with Crippen molar-refractivity contribution in [3.8, 4) is 11.4 Å². The van der Waals surface area contributed by atoms with Crippen LogP contribution in [0.15, 0.2) is 83.7 Å². The van der Waals surface area contributed by atoms with Crippen LogP contribution in [0.2, 0.25) is 0 Å². The van der Waals surface area contributed by atoms with Gasteiger partial charge in [0.25, 0.3) is 11.5 Å². The normalized spacial score (nSPS) is 11.9. The third-order valence-electron chi connectivity index (χ3n) is 6.22. The van der Waals surface area contributed by atoms with Gasteiger partial charge >= 0.3 is 0 Å². The van der Waals surface area contributed by atoms with E-state index < -0.39 is 6.04 Å². The predicted octanol–water partition coefficient (Wildman–Crippen LogP) is 5.02. The number of carbonyl (C=O) groups excluding carboxylic acids is 1. The number of nitrogens with zero attached hydrogens (tertiary/aromatic N) is 3. The summed E-state index contributed by atoms with van der Waals surface area (Å²) in [5.41, 5.74) is 1.70. The molecule has 0 aliphatic heterocycles. The fraction of sp³-hybridized carbons (Fsp3) is 0.276. The van der Waals surface area contributed by atoms with Crippen molar-refractivity contribution in [1.82, 2.24) is 14.5 Å². The first kappa shape index (κ1) is 25.1. The second kappa shape index (κ2) is 11.6. The van der Waals surface area contributed by atoms with Gasteiger partial charge in [-0.05, 0) is 61.4 Å². The van der Waals surface area contributed by atoms with Crippen molar-refractivity contribution in [3.63, 3.8) is 0 Å². The molecule has 0 N–H and O–H groups in total. The molecule has 7 nitrogen and oxygen atoms in total. The fourth-order valence-electron chi connectivity index (χ4n) is 4.42. The number of aromatic nitrogens is 2. The van der Waals surface area contributed by atoms with Gasteiger partial charge in [0.05, 0.1) is 29.7 Å². The first-order valence-electron chi connectivity index (χ1n) is 12.1. The summed E-state index contributed by atoms with van der Waals surface area (Å²) in [6.45, 7) is 2.97. The molecular weight excluding hydrogens is 454 g/mol. The van der Waals surface area contributed by atoms with Gasteiger partial charge in [-0.2, -0.15) is 0 Å². The SMILES string of the molecule is CCC(c1nc2ccccc2c(=O)n1-c1ccccc1)N(CCCOC)C(=O)c1ccc(OC)cc1. The van der Waals surface area contributed by atoms with Crippen LogP contribution in [0.1, 0.15) is 42.0 Å². The number of hydrogen-bond donors (Lipinski definition) is 0. The van der Waals surface area contributed by atoms with E-state index in [4.69, 9.17) is 14.5 Å². The van der Waals surface area contributed by atoms with Crippen LogP contribution in [0, 0.1) is 0 Å². The Labute approximate surface area is 210 Å². The van der Waals surface area contributed by atoms with Gasteiger partial charge in [0.2, 0.25) is 0 Å². The molecule has 36 heavy (non-hydrogen) atoms. The molecule has 1 atom stereocenters. The van der Waals surface area contributed by atoms with Gasteiger partial charge < -0.3 is 14.4 Å². The Bertz CT molecular complexity index is 1370. The second-order valence-corrected chi connectivity index (χ2v) is 8.46. The van der Waals surface area contributed by atoms with Crippen molar-refractivity contribution in [2.24, 2.45) is 0 Å². The topological polar surface area (TPSA) is 73.7 Å². The highest BCUT2D eigenvalue weighted by molar-refractivity contribution is 5.94. The number of methoxy groups -OCH3 is 2. The predicted molar refractivity (Wildman–Crippen MR) is 141 cm³/mol. The van der Waals surface area contributed by atoms with Crippen LogP contribution in [0.4, 0.5) is 0 Å². The Hall–Kier alpha value is -3.97. The maximum Gasteiger partial charge on any atom is 0.266 e. The maximum absolute atomic E-state index is 13.8. The molecule has 1 heterocycles. The minimum absolute atomic E-state index is 0.136. The molecule has 1 aromatic heterocycles. The molecule has 0 spiro atoms. The van der Waals surface area contributed by atoms with Gasteiger partial charge in [0.1, 0.15) is 11.6 Å². The average Bonchev–Trinajstić information content (AvgIpc) is 2.93. The molecule has 4 rings (SSSR count). The smallest absolute Gasteiger partial charge is 0.266 e. The van der Waals surface area contributed by atoms with E-state index in [0.717, 1.165) is 0 Å². The lowest BCUT2D eigenvalue weighted by molar-refractivity contribution is 0.0634. The lowest BCUT2D eigenvalue weighted by Crippen LogP contribution is -2.39. The molecule has 0 fully saturated rings.